The van der Waals surface area contributed by atoms with Gasteiger partial charge in [-0.25, -0.2) is 0 Å². The summed E-state index contributed by atoms with van der Waals surface area (Å²) in [6.45, 7) is 4.10. The van der Waals surface area contributed by atoms with Crippen LogP contribution in [0.15, 0.2) is 40.2 Å². The molecule has 1 saturated heterocycles. The summed E-state index contributed by atoms with van der Waals surface area (Å²) in [5, 5.41) is 0. The fourth-order valence-corrected chi connectivity index (χ4v) is 3.94. The van der Waals surface area contributed by atoms with E-state index in [9.17, 15) is 4.79 Å². The van der Waals surface area contributed by atoms with E-state index in [0.29, 0.717) is 15.8 Å². The van der Waals surface area contributed by atoms with E-state index in [1.54, 1.807) is 11.0 Å². The summed E-state index contributed by atoms with van der Waals surface area (Å²) >= 11 is 10.1. The summed E-state index contributed by atoms with van der Waals surface area (Å²) in [5.41, 5.74) is 2.05. The fourth-order valence-electron chi connectivity index (χ4n) is 1.91. The predicted molar refractivity (Wildman–Crippen MR) is 98.5 cm³/mol. The monoisotopic (exact) mass is 382 g/mol. The number of hydrogen-bond acceptors (Lipinski definition) is 4. The van der Waals surface area contributed by atoms with Crippen LogP contribution >= 0.6 is 39.9 Å². The van der Waals surface area contributed by atoms with E-state index in [-0.39, 0.29) is 5.91 Å². The highest BCUT2D eigenvalue weighted by Gasteiger charge is 2.30. The van der Waals surface area contributed by atoms with Crippen LogP contribution in [0.5, 0.6) is 0 Å². The van der Waals surface area contributed by atoms with E-state index < -0.39 is 0 Å². The van der Waals surface area contributed by atoms with Gasteiger partial charge in [0.05, 0.1) is 10.6 Å². The van der Waals surface area contributed by atoms with Gasteiger partial charge in [-0.1, -0.05) is 36.1 Å². The van der Waals surface area contributed by atoms with Gasteiger partial charge in [0.25, 0.3) is 5.91 Å². The van der Waals surface area contributed by atoms with Crippen molar-refractivity contribution in [1.82, 2.24) is 4.90 Å². The van der Waals surface area contributed by atoms with E-state index in [1.807, 2.05) is 43.3 Å². The van der Waals surface area contributed by atoms with Crippen LogP contribution in [0.4, 0.5) is 5.69 Å². The first-order valence-corrected chi connectivity index (χ1v) is 8.29. The summed E-state index contributed by atoms with van der Waals surface area (Å²) in [7, 11) is 3.97. The molecule has 0 saturated carbocycles. The number of amides is 1. The molecule has 1 fully saturated rings. The van der Waals surface area contributed by atoms with E-state index in [0.717, 1.165) is 15.7 Å². The van der Waals surface area contributed by atoms with Crippen LogP contribution in [-0.2, 0) is 4.79 Å². The zero-order valence-corrected chi connectivity index (χ0v) is 15.0. The zero-order valence-electron chi connectivity index (χ0n) is 11.8. The Morgan fingerprint density at radius 1 is 1.48 bits per heavy atom. The lowest BCUT2D eigenvalue weighted by Gasteiger charge is -2.14. The quantitative estimate of drug-likeness (QED) is 0.447. The van der Waals surface area contributed by atoms with Crippen LogP contribution in [0.25, 0.3) is 6.08 Å². The number of carbonyl (C=O) groups excluding carboxylic acids is 1. The summed E-state index contributed by atoms with van der Waals surface area (Å²) in [4.78, 5) is 16.5. The third kappa shape index (κ3) is 3.56. The maximum Gasteiger partial charge on any atom is 0.266 e. The zero-order chi connectivity index (χ0) is 15.6. The van der Waals surface area contributed by atoms with Gasteiger partial charge < -0.3 is 4.90 Å². The summed E-state index contributed by atoms with van der Waals surface area (Å²) in [6.07, 6.45) is 3.54. The summed E-state index contributed by atoms with van der Waals surface area (Å²) < 4.78 is 1.57. The summed E-state index contributed by atoms with van der Waals surface area (Å²) in [5.74, 6) is -0.0577. The van der Waals surface area contributed by atoms with Gasteiger partial charge in [-0.15, -0.1) is 6.58 Å². The second kappa shape index (κ2) is 6.77. The van der Waals surface area contributed by atoms with E-state index in [4.69, 9.17) is 12.2 Å². The van der Waals surface area contributed by atoms with Gasteiger partial charge in [-0.3, -0.25) is 9.69 Å². The maximum atomic E-state index is 12.3. The molecule has 0 aromatic heterocycles. The van der Waals surface area contributed by atoms with Crippen LogP contribution in [0.3, 0.4) is 0 Å². The average Bonchev–Trinajstić information content (AvgIpc) is 2.66. The Bertz CT molecular complexity index is 641. The van der Waals surface area contributed by atoms with Crippen molar-refractivity contribution in [2.24, 2.45) is 0 Å². The molecule has 0 spiro atoms. The molecule has 0 unspecified atom stereocenters. The molecule has 6 heteroatoms. The van der Waals surface area contributed by atoms with Crippen molar-refractivity contribution in [3.63, 3.8) is 0 Å². The molecule has 0 N–H and O–H groups in total. The van der Waals surface area contributed by atoms with Crippen LogP contribution < -0.4 is 4.90 Å². The number of thioether (sulfide) groups is 1. The number of nitrogens with zero attached hydrogens (tertiary/aromatic N) is 2. The van der Waals surface area contributed by atoms with Gasteiger partial charge >= 0.3 is 0 Å². The minimum Gasteiger partial charge on any atom is -0.377 e. The number of hydrogen-bond donors (Lipinski definition) is 0. The molecular formula is C15H15BrN2OS2. The molecule has 21 heavy (non-hydrogen) atoms. The molecule has 1 aromatic rings. The smallest absolute Gasteiger partial charge is 0.266 e. The molecule has 110 valence electrons. The number of carbonyl (C=O) groups is 1. The maximum absolute atomic E-state index is 12.3. The van der Waals surface area contributed by atoms with Gasteiger partial charge in [0.2, 0.25) is 0 Å². The van der Waals surface area contributed by atoms with Crippen molar-refractivity contribution in [2.45, 2.75) is 0 Å². The molecule has 1 amide bonds. The van der Waals surface area contributed by atoms with Crippen molar-refractivity contribution in [3.05, 3.63) is 45.8 Å². The Kier molecular flexibility index (Phi) is 5.24. The molecule has 1 heterocycles. The predicted octanol–water partition coefficient (Wildman–Crippen LogP) is 3.90. The van der Waals surface area contributed by atoms with Gasteiger partial charge in [-0.05, 0) is 39.7 Å². The molecule has 1 aliphatic rings. The van der Waals surface area contributed by atoms with Gasteiger partial charge in [0, 0.05) is 25.1 Å². The third-order valence-corrected chi connectivity index (χ3v) is 4.95. The lowest BCUT2D eigenvalue weighted by molar-refractivity contribution is -0.121. The van der Waals surface area contributed by atoms with Crippen molar-refractivity contribution < 1.29 is 4.79 Å². The highest BCUT2D eigenvalue weighted by atomic mass is 79.9. The van der Waals surface area contributed by atoms with Crippen LogP contribution in [0.2, 0.25) is 0 Å². The topological polar surface area (TPSA) is 23.6 Å². The van der Waals surface area contributed by atoms with E-state index >= 15 is 0 Å². The number of rotatable bonds is 4. The molecule has 2 rings (SSSR count). The largest absolute Gasteiger partial charge is 0.377 e. The highest BCUT2D eigenvalue weighted by Crippen LogP contribution is 2.33. The Hall–Kier alpha value is -1.11. The Labute approximate surface area is 142 Å². The van der Waals surface area contributed by atoms with Crippen molar-refractivity contribution in [1.29, 1.82) is 0 Å². The number of benzene rings is 1. The second-order valence-electron chi connectivity index (χ2n) is 4.69. The van der Waals surface area contributed by atoms with Gasteiger partial charge in [0.15, 0.2) is 0 Å². The standard InChI is InChI=1S/C15H15BrN2OS2/c1-4-7-18-14(19)13(21-15(18)20)9-10-5-6-12(17(2)3)11(16)8-10/h4-6,8-9H,1,7H2,2-3H3/b13-9+. The minimum absolute atomic E-state index is 0.0577. The van der Waals surface area contributed by atoms with Crippen LogP contribution in [0.1, 0.15) is 5.56 Å². The second-order valence-corrected chi connectivity index (χ2v) is 7.22. The van der Waals surface area contributed by atoms with Crippen molar-refractivity contribution in [3.8, 4) is 0 Å². The Morgan fingerprint density at radius 3 is 2.76 bits per heavy atom. The average molecular weight is 383 g/mol. The molecule has 3 nitrogen and oxygen atoms in total. The summed E-state index contributed by atoms with van der Waals surface area (Å²) in [6, 6.07) is 6.00. The fraction of sp³-hybridized carbons (Fsp3) is 0.200. The van der Waals surface area contributed by atoms with Crippen LogP contribution in [0, 0.1) is 0 Å². The molecule has 0 bridgehead atoms. The molecule has 1 aromatic carbocycles. The highest BCUT2D eigenvalue weighted by molar-refractivity contribution is 9.10. The minimum atomic E-state index is -0.0577. The first-order valence-electron chi connectivity index (χ1n) is 6.27. The van der Waals surface area contributed by atoms with E-state index in [2.05, 4.69) is 22.5 Å². The lowest BCUT2D eigenvalue weighted by Crippen LogP contribution is -2.27. The molecule has 0 atom stereocenters. The first kappa shape index (κ1) is 16.3. The van der Waals surface area contributed by atoms with Gasteiger partial charge in [0.1, 0.15) is 4.32 Å². The van der Waals surface area contributed by atoms with E-state index in [1.165, 1.54) is 11.8 Å². The normalized spacial score (nSPS) is 16.7. The Balaban J connectivity index is 2.28. The lowest BCUT2D eigenvalue weighted by atomic mass is 10.2. The molecule has 1 aliphatic heterocycles. The molecule has 0 aliphatic carbocycles. The Morgan fingerprint density at radius 2 is 2.19 bits per heavy atom. The number of thiocarbonyl (C=S) groups is 1. The SMILES string of the molecule is C=CCN1C(=O)/C(=C\c2ccc(N(C)C)c(Br)c2)SC1=S. The van der Waals surface area contributed by atoms with Crippen molar-refractivity contribution >= 4 is 61.9 Å². The van der Waals surface area contributed by atoms with Crippen molar-refractivity contribution in [2.75, 3.05) is 25.5 Å². The third-order valence-electron chi connectivity index (χ3n) is 2.94. The van der Waals surface area contributed by atoms with Gasteiger partial charge in [-0.2, -0.15) is 0 Å². The molecular weight excluding hydrogens is 368 g/mol. The number of halogens is 1. The first-order chi connectivity index (χ1) is 9.93. The van der Waals surface area contributed by atoms with Crippen LogP contribution in [-0.4, -0.2) is 35.8 Å². The molecule has 0 radical (unpaired) electrons. The number of anilines is 1.